The molecule has 0 aromatic rings. The minimum atomic E-state index is 0.253. The first kappa shape index (κ1) is 15.3. The summed E-state index contributed by atoms with van der Waals surface area (Å²) in [5.41, 5.74) is 0. The molecular weight excluding hydrogens is 206 g/mol. The molecule has 0 fully saturated rings. The highest BCUT2D eigenvalue weighted by atomic mass is 32.2. The Balaban J connectivity index is 3.38. The maximum Gasteiger partial charge on any atom is 0.0585 e. The summed E-state index contributed by atoms with van der Waals surface area (Å²) in [6, 6.07) is 0.736. The van der Waals surface area contributed by atoms with Crippen LogP contribution in [0.25, 0.3) is 0 Å². The van der Waals surface area contributed by atoms with Gasteiger partial charge < -0.3 is 10.4 Å². The molecule has 0 aliphatic carbocycles. The van der Waals surface area contributed by atoms with Crippen LogP contribution in [0.15, 0.2) is 0 Å². The van der Waals surface area contributed by atoms with Gasteiger partial charge in [0.1, 0.15) is 0 Å². The number of aliphatic hydroxyl groups is 1. The van der Waals surface area contributed by atoms with Gasteiger partial charge >= 0.3 is 0 Å². The highest BCUT2D eigenvalue weighted by Gasteiger charge is 2.07. The predicted molar refractivity (Wildman–Crippen MR) is 70.5 cm³/mol. The zero-order valence-electron chi connectivity index (χ0n) is 10.6. The van der Waals surface area contributed by atoms with Crippen molar-refractivity contribution >= 4 is 11.8 Å². The van der Waals surface area contributed by atoms with Gasteiger partial charge in [-0.05, 0) is 30.3 Å². The Labute approximate surface area is 99.2 Å². The lowest BCUT2D eigenvalue weighted by Crippen LogP contribution is -2.37. The molecule has 1 atom stereocenters. The molecule has 2 nitrogen and oxygen atoms in total. The number of rotatable bonds is 9. The number of thioether (sulfide) groups is 1. The summed E-state index contributed by atoms with van der Waals surface area (Å²) in [6.07, 6.45) is 2.36. The number of hydrogen-bond donors (Lipinski definition) is 2. The van der Waals surface area contributed by atoms with Crippen molar-refractivity contribution in [2.24, 2.45) is 5.92 Å². The summed E-state index contributed by atoms with van der Waals surface area (Å²) >= 11 is 2.00. The van der Waals surface area contributed by atoms with Crippen molar-refractivity contribution in [3.63, 3.8) is 0 Å². The lowest BCUT2D eigenvalue weighted by atomic mass is 10.2. The molecule has 0 amide bonds. The van der Waals surface area contributed by atoms with Gasteiger partial charge in [-0.2, -0.15) is 11.8 Å². The number of hydrogen-bond acceptors (Lipinski definition) is 3. The molecule has 2 N–H and O–H groups in total. The Morgan fingerprint density at radius 2 is 1.67 bits per heavy atom. The van der Waals surface area contributed by atoms with E-state index in [1.54, 1.807) is 0 Å². The fourth-order valence-electron chi connectivity index (χ4n) is 1.35. The summed E-state index contributed by atoms with van der Waals surface area (Å²) in [5, 5.41) is 12.5. The van der Waals surface area contributed by atoms with Crippen LogP contribution in [-0.4, -0.2) is 35.3 Å². The molecule has 0 aliphatic heterocycles. The lowest BCUT2D eigenvalue weighted by molar-refractivity contribution is 0.232. The second-order valence-electron chi connectivity index (χ2n) is 4.78. The highest BCUT2D eigenvalue weighted by Crippen LogP contribution is 2.10. The molecule has 3 heteroatoms. The van der Waals surface area contributed by atoms with Crippen LogP contribution in [0.1, 0.15) is 40.5 Å². The van der Waals surface area contributed by atoms with E-state index >= 15 is 0 Å². The van der Waals surface area contributed by atoms with E-state index in [4.69, 9.17) is 5.11 Å². The minimum absolute atomic E-state index is 0.253. The number of aliphatic hydroxyl groups excluding tert-OH is 1. The quantitative estimate of drug-likeness (QED) is 0.600. The van der Waals surface area contributed by atoms with E-state index in [2.05, 4.69) is 33.0 Å². The standard InChI is InChI=1S/C12H27NOS/c1-10(2)5-7-15-8-6-12(9-14)13-11(3)4/h10-14H,5-9H2,1-4H3. The predicted octanol–water partition coefficient (Wildman–Crippen LogP) is 2.51. The summed E-state index contributed by atoms with van der Waals surface area (Å²) in [6.45, 7) is 9.01. The van der Waals surface area contributed by atoms with Crippen LogP contribution in [0, 0.1) is 5.92 Å². The molecule has 0 aliphatic rings. The molecule has 0 aromatic heterocycles. The van der Waals surface area contributed by atoms with Crippen molar-refractivity contribution in [3.05, 3.63) is 0 Å². The van der Waals surface area contributed by atoms with E-state index in [1.807, 2.05) is 11.8 Å². The Kier molecular flexibility index (Phi) is 9.66. The summed E-state index contributed by atoms with van der Waals surface area (Å²) in [7, 11) is 0. The second-order valence-corrected chi connectivity index (χ2v) is 6.01. The van der Waals surface area contributed by atoms with Crippen molar-refractivity contribution in [2.75, 3.05) is 18.1 Å². The van der Waals surface area contributed by atoms with Crippen LogP contribution < -0.4 is 5.32 Å². The minimum Gasteiger partial charge on any atom is -0.395 e. The second kappa shape index (κ2) is 9.49. The van der Waals surface area contributed by atoms with E-state index in [1.165, 1.54) is 12.2 Å². The first-order valence-corrected chi connectivity index (χ1v) is 7.16. The first-order chi connectivity index (χ1) is 7.06. The average Bonchev–Trinajstić information content (AvgIpc) is 2.14. The molecule has 0 bridgehead atoms. The van der Waals surface area contributed by atoms with Crippen LogP contribution in [-0.2, 0) is 0 Å². The van der Waals surface area contributed by atoms with E-state index in [9.17, 15) is 0 Å². The maximum absolute atomic E-state index is 9.15. The molecule has 0 saturated heterocycles. The third-order valence-corrected chi connectivity index (χ3v) is 3.29. The van der Waals surface area contributed by atoms with Gasteiger partial charge in [-0.25, -0.2) is 0 Å². The van der Waals surface area contributed by atoms with E-state index in [-0.39, 0.29) is 12.6 Å². The Hall–Kier alpha value is 0.270. The molecular formula is C12H27NOS. The largest absolute Gasteiger partial charge is 0.395 e. The third kappa shape index (κ3) is 10.6. The summed E-state index contributed by atoms with van der Waals surface area (Å²) in [4.78, 5) is 0. The molecule has 0 spiro atoms. The molecule has 1 unspecified atom stereocenters. The Morgan fingerprint density at radius 1 is 1.07 bits per heavy atom. The summed E-state index contributed by atoms with van der Waals surface area (Å²) < 4.78 is 0. The van der Waals surface area contributed by atoms with Crippen molar-refractivity contribution in [2.45, 2.75) is 52.6 Å². The normalized spacial score (nSPS) is 13.8. The molecule has 92 valence electrons. The van der Waals surface area contributed by atoms with Crippen molar-refractivity contribution in [3.8, 4) is 0 Å². The van der Waals surface area contributed by atoms with E-state index in [0.717, 1.165) is 18.1 Å². The smallest absolute Gasteiger partial charge is 0.0585 e. The fraction of sp³-hybridized carbons (Fsp3) is 1.00. The SMILES string of the molecule is CC(C)CCSCCC(CO)NC(C)C. The van der Waals surface area contributed by atoms with Gasteiger partial charge in [0.25, 0.3) is 0 Å². The maximum atomic E-state index is 9.15. The fourth-order valence-corrected chi connectivity index (χ4v) is 2.64. The monoisotopic (exact) mass is 233 g/mol. The van der Waals surface area contributed by atoms with Crippen molar-refractivity contribution < 1.29 is 5.11 Å². The van der Waals surface area contributed by atoms with Crippen molar-refractivity contribution in [1.29, 1.82) is 0 Å². The zero-order valence-corrected chi connectivity index (χ0v) is 11.4. The number of nitrogens with one attached hydrogen (secondary N) is 1. The highest BCUT2D eigenvalue weighted by molar-refractivity contribution is 7.99. The van der Waals surface area contributed by atoms with E-state index in [0.29, 0.717) is 6.04 Å². The molecule has 0 radical (unpaired) electrons. The first-order valence-electron chi connectivity index (χ1n) is 6.01. The summed E-state index contributed by atoms with van der Waals surface area (Å²) in [5.74, 6) is 3.20. The Morgan fingerprint density at radius 3 is 2.13 bits per heavy atom. The van der Waals surface area contributed by atoms with Crippen LogP contribution >= 0.6 is 11.8 Å². The topological polar surface area (TPSA) is 32.3 Å². The Bertz CT molecular complexity index is 140. The van der Waals surface area contributed by atoms with Gasteiger partial charge in [0.2, 0.25) is 0 Å². The van der Waals surface area contributed by atoms with Crippen molar-refractivity contribution in [1.82, 2.24) is 5.32 Å². The van der Waals surface area contributed by atoms with Gasteiger partial charge in [-0.3, -0.25) is 0 Å². The molecule has 0 heterocycles. The van der Waals surface area contributed by atoms with Gasteiger partial charge in [0.15, 0.2) is 0 Å². The molecule has 0 rings (SSSR count). The van der Waals surface area contributed by atoms with Gasteiger partial charge in [-0.15, -0.1) is 0 Å². The molecule has 0 saturated carbocycles. The lowest BCUT2D eigenvalue weighted by Gasteiger charge is -2.18. The van der Waals surface area contributed by atoms with E-state index < -0.39 is 0 Å². The van der Waals surface area contributed by atoms with Gasteiger partial charge in [-0.1, -0.05) is 27.7 Å². The molecule has 15 heavy (non-hydrogen) atoms. The average molecular weight is 233 g/mol. The van der Waals surface area contributed by atoms with Crippen LogP contribution in [0.3, 0.4) is 0 Å². The van der Waals surface area contributed by atoms with Crippen LogP contribution in [0.5, 0.6) is 0 Å². The third-order valence-electron chi connectivity index (χ3n) is 2.24. The zero-order chi connectivity index (χ0) is 11.7. The van der Waals surface area contributed by atoms with Crippen LogP contribution in [0.2, 0.25) is 0 Å². The van der Waals surface area contributed by atoms with Gasteiger partial charge in [0, 0.05) is 12.1 Å². The molecule has 0 aromatic carbocycles. The van der Waals surface area contributed by atoms with Crippen LogP contribution in [0.4, 0.5) is 0 Å². The van der Waals surface area contributed by atoms with Gasteiger partial charge in [0.05, 0.1) is 6.61 Å².